The van der Waals surface area contributed by atoms with E-state index in [-0.39, 0.29) is 11.5 Å². The molecule has 0 radical (unpaired) electrons. The van der Waals surface area contributed by atoms with E-state index in [4.69, 9.17) is 23.7 Å². The Kier molecular flexibility index (Phi) is 8.20. The predicted octanol–water partition coefficient (Wildman–Crippen LogP) is 6.41. The summed E-state index contributed by atoms with van der Waals surface area (Å²) in [6, 6.07) is 15.8. The molecule has 1 heterocycles. The highest BCUT2D eigenvalue weighted by molar-refractivity contribution is 6.09. The van der Waals surface area contributed by atoms with Crippen molar-refractivity contribution in [1.82, 2.24) is 0 Å². The van der Waals surface area contributed by atoms with Crippen LogP contribution in [0.2, 0.25) is 0 Å². The second kappa shape index (κ2) is 11.7. The molecule has 3 aromatic rings. The number of ketones is 1. The van der Waals surface area contributed by atoms with E-state index in [0.29, 0.717) is 28.4 Å². The third kappa shape index (κ3) is 6.57. The minimum atomic E-state index is -0.570. The van der Waals surface area contributed by atoms with E-state index < -0.39 is 11.6 Å². The van der Waals surface area contributed by atoms with Gasteiger partial charge in [0.15, 0.2) is 17.3 Å². The topological polar surface area (TPSA) is 80.3 Å². The van der Waals surface area contributed by atoms with Crippen molar-refractivity contribution in [1.29, 1.82) is 0 Å². The van der Waals surface area contributed by atoms with E-state index in [0.717, 1.165) is 16.9 Å². The van der Waals surface area contributed by atoms with Crippen LogP contribution in [0.25, 0.3) is 18.2 Å². The molecule has 0 saturated heterocycles. The van der Waals surface area contributed by atoms with E-state index in [2.05, 4.69) is 0 Å². The van der Waals surface area contributed by atoms with Gasteiger partial charge < -0.3 is 23.7 Å². The first kappa shape index (κ1) is 27.3. The van der Waals surface area contributed by atoms with Crippen molar-refractivity contribution < 1.29 is 33.3 Å². The Morgan fingerprint density at radius 2 is 1.44 bits per heavy atom. The van der Waals surface area contributed by atoms with Gasteiger partial charge in [-0.05, 0) is 85.7 Å². The average molecular weight is 527 g/mol. The lowest BCUT2D eigenvalue weighted by Gasteiger charge is -2.29. The van der Waals surface area contributed by atoms with Crippen molar-refractivity contribution >= 4 is 30.0 Å². The molecule has 0 amide bonds. The number of hydrogen-bond donors (Lipinski definition) is 0. The quantitative estimate of drug-likeness (QED) is 0.138. The Labute approximate surface area is 227 Å². The molecule has 0 saturated carbocycles. The number of allylic oxidation sites excluding steroid dienone is 1. The molecule has 1 aliphatic rings. The van der Waals surface area contributed by atoms with Crippen molar-refractivity contribution in [3.8, 4) is 28.7 Å². The molecule has 7 nitrogen and oxygen atoms in total. The first-order valence-corrected chi connectivity index (χ1v) is 12.3. The third-order valence-corrected chi connectivity index (χ3v) is 6.01. The van der Waals surface area contributed by atoms with Gasteiger partial charge in [0.2, 0.25) is 0 Å². The smallest absolute Gasteiger partial charge is 0.336 e. The van der Waals surface area contributed by atoms with Crippen LogP contribution in [0.3, 0.4) is 0 Å². The molecule has 7 heteroatoms. The summed E-state index contributed by atoms with van der Waals surface area (Å²) in [5, 5.41) is 0. The molecule has 0 fully saturated rings. The second-order valence-corrected chi connectivity index (χ2v) is 9.23. The summed E-state index contributed by atoms with van der Waals surface area (Å²) in [5.41, 5.74) is 2.04. The molecule has 3 aromatic carbocycles. The first-order valence-electron chi connectivity index (χ1n) is 12.3. The van der Waals surface area contributed by atoms with Crippen LogP contribution in [0, 0.1) is 0 Å². The van der Waals surface area contributed by atoms with E-state index in [1.165, 1.54) is 19.3 Å². The highest BCUT2D eigenvalue weighted by Crippen LogP contribution is 2.40. The van der Waals surface area contributed by atoms with Gasteiger partial charge in [0.25, 0.3) is 0 Å². The standard InChI is InChI=1S/C32H30O7/c1-32(2)19-18-25-27(36-4)16-13-24(31(25)39-32)26(33)14-8-22-9-15-28(37-5)29(20-22)38-30(34)17-10-21-6-11-23(35-3)12-7-21/h6-20H,1-5H3. The molecule has 0 N–H and O–H groups in total. The van der Waals surface area contributed by atoms with E-state index in [1.807, 2.05) is 38.1 Å². The minimum absolute atomic E-state index is 0.230. The number of esters is 1. The second-order valence-electron chi connectivity index (χ2n) is 9.23. The summed E-state index contributed by atoms with van der Waals surface area (Å²) < 4.78 is 27.6. The molecule has 200 valence electrons. The lowest BCUT2D eigenvalue weighted by molar-refractivity contribution is -0.129. The molecule has 0 aliphatic carbocycles. The Bertz CT molecular complexity index is 1460. The number of hydrogen-bond acceptors (Lipinski definition) is 7. The van der Waals surface area contributed by atoms with Crippen LogP contribution in [0.4, 0.5) is 0 Å². The maximum Gasteiger partial charge on any atom is 0.336 e. The van der Waals surface area contributed by atoms with Crippen molar-refractivity contribution in [2.45, 2.75) is 19.4 Å². The lowest BCUT2D eigenvalue weighted by Crippen LogP contribution is -2.28. The van der Waals surface area contributed by atoms with Gasteiger partial charge in [-0.15, -0.1) is 0 Å². The van der Waals surface area contributed by atoms with Crippen LogP contribution in [0.15, 0.2) is 72.8 Å². The largest absolute Gasteiger partial charge is 0.497 e. The zero-order valence-electron chi connectivity index (χ0n) is 22.5. The Balaban J connectivity index is 1.52. The van der Waals surface area contributed by atoms with Crippen LogP contribution < -0.4 is 23.7 Å². The molecule has 0 bridgehead atoms. The van der Waals surface area contributed by atoms with Gasteiger partial charge in [0.05, 0.1) is 32.5 Å². The molecule has 0 atom stereocenters. The zero-order chi connectivity index (χ0) is 28.0. The van der Waals surface area contributed by atoms with E-state index in [1.54, 1.807) is 68.8 Å². The number of ether oxygens (including phenoxy) is 5. The van der Waals surface area contributed by atoms with Crippen molar-refractivity contribution in [3.05, 3.63) is 95.1 Å². The van der Waals surface area contributed by atoms with Gasteiger partial charge in [0.1, 0.15) is 22.8 Å². The zero-order valence-corrected chi connectivity index (χ0v) is 22.5. The molecular weight excluding hydrogens is 496 g/mol. The molecule has 0 unspecified atom stereocenters. The molecular formula is C32H30O7. The summed E-state index contributed by atoms with van der Waals surface area (Å²) in [4.78, 5) is 25.7. The van der Waals surface area contributed by atoms with Crippen LogP contribution in [0.1, 0.15) is 40.9 Å². The fourth-order valence-corrected chi connectivity index (χ4v) is 3.96. The first-order chi connectivity index (χ1) is 18.7. The number of fused-ring (bicyclic) bond motifs is 1. The third-order valence-electron chi connectivity index (χ3n) is 6.01. The molecule has 1 aliphatic heterocycles. The summed E-state index contributed by atoms with van der Waals surface area (Å²) in [6.07, 6.45) is 9.90. The van der Waals surface area contributed by atoms with Gasteiger partial charge in [-0.2, -0.15) is 0 Å². The number of carbonyl (C=O) groups excluding carboxylic acids is 2. The Hall–Kier alpha value is -4.78. The summed E-state index contributed by atoms with van der Waals surface area (Å²) in [5.74, 6) is 1.63. The van der Waals surface area contributed by atoms with Gasteiger partial charge in [-0.1, -0.05) is 24.3 Å². The highest BCUT2D eigenvalue weighted by atomic mass is 16.6. The normalized spacial score (nSPS) is 13.6. The fourth-order valence-electron chi connectivity index (χ4n) is 3.96. The fraction of sp³-hybridized carbons (Fsp3) is 0.188. The monoisotopic (exact) mass is 526 g/mol. The summed E-state index contributed by atoms with van der Waals surface area (Å²) in [6.45, 7) is 3.84. The highest BCUT2D eigenvalue weighted by Gasteiger charge is 2.27. The van der Waals surface area contributed by atoms with Crippen molar-refractivity contribution in [2.75, 3.05) is 21.3 Å². The predicted molar refractivity (Wildman–Crippen MR) is 151 cm³/mol. The summed E-state index contributed by atoms with van der Waals surface area (Å²) >= 11 is 0. The Morgan fingerprint density at radius 3 is 2.13 bits per heavy atom. The Morgan fingerprint density at radius 1 is 0.769 bits per heavy atom. The van der Waals surface area contributed by atoms with Gasteiger partial charge in [-0.3, -0.25) is 4.79 Å². The lowest BCUT2D eigenvalue weighted by atomic mass is 9.97. The molecule has 0 spiro atoms. The number of carbonyl (C=O) groups is 2. The average Bonchev–Trinajstić information content (AvgIpc) is 2.94. The van der Waals surface area contributed by atoms with Gasteiger partial charge >= 0.3 is 5.97 Å². The maximum atomic E-state index is 13.2. The van der Waals surface area contributed by atoms with Crippen LogP contribution in [-0.2, 0) is 4.79 Å². The molecule has 0 aromatic heterocycles. The van der Waals surface area contributed by atoms with E-state index >= 15 is 0 Å². The van der Waals surface area contributed by atoms with Gasteiger partial charge in [0, 0.05) is 6.08 Å². The molecule has 4 rings (SSSR count). The van der Waals surface area contributed by atoms with Crippen LogP contribution >= 0.6 is 0 Å². The van der Waals surface area contributed by atoms with E-state index in [9.17, 15) is 9.59 Å². The SMILES string of the molecule is COc1ccc(C=CC(=O)Oc2cc(C=CC(=O)c3ccc(OC)c4c3OC(C)(C)C=C4)ccc2OC)cc1. The van der Waals surface area contributed by atoms with Crippen LogP contribution in [0.5, 0.6) is 28.7 Å². The number of methoxy groups -OCH3 is 3. The van der Waals surface area contributed by atoms with Crippen molar-refractivity contribution in [3.63, 3.8) is 0 Å². The molecule has 39 heavy (non-hydrogen) atoms. The number of benzene rings is 3. The van der Waals surface area contributed by atoms with Gasteiger partial charge in [-0.25, -0.2) is 4.79 Å². The maximum absolute atomic E-state index is 13.2. The van der Waals surface area contributed by atoms with Crippen molar-refractivity contribution in [2.24, 2.45) is 0 Å². The van der Waals surface area contributed by atoms with Crippen LogP contribution in [-0.4, -0.2) is 38.7 Å². The minimum Gasteiger partial charge on any atom is -0.497 e. The number of rotatable bonds is 9. The summed E-state index contributed by atoms with van der Waals surface area (Å²) in [7, 11) is 4.66.